The molecule has 5 nitrogen and oxygen atoms in total. The summed E-state index contributed by atoms with van der Waals surface area (Å²) in [4.78, 5) is 7.03. The number of aromatic nitrogens is 2. The zero-order valence-electron chi connectivity index (χ0n) is 13.5. The highest BCUT2D eigenvalue weighted by Crippen LogP contribution is 2.23. The molecule has 0 atom stereocenters. The van der Waals surface area contributed by atoms with E-state index >= 15 is 0 Å². The lowest BCUT2D eigenvalue weighted by Crippen LogP contribution is -2.22. The Morgan fingerprint density at radius 2 is 1.68 bits per heavy atom. The second-order valence-corrected chi connectivity index (χ2v) is 7.80. The fraction of sp³-hybridized carbons (Fsp3) is 0.105. The summed E-state index contributed by atoms with van der Waals surface area (Å²) in [6.07, 6.45) is 7.81. The van der Waals surface area contributed by atoms with Crippen LogP contribution in [0.5, 0.6) is 0 Å². The first-order valence-corrected chi connectivity index (χ1v) is 9.46. The molecule has 0 unspecified atom stereocenters. The number of fused-ring (bicyclic) bond motifs is 1. The van der Waals surface area contributed by atoms with Gasteiger partial charge in [-0.05, 0) is 35.9 Å². The largest absolute Gasteiger partial charge is 0.314 e. The second-order valence-electron chi connectivity index (χ2n) is 5.85. The monoisotopic (exact) mass is 351 g/mol. The molecule has 6 heteroatoms. The van der Waals surface area contributed by atoms with Gasteiger partial charge in [0.25, 0.3) is 0 Å². The fourth-order valence-electron chi connectivity index (χ4n) is 2.89. The summed E-state index contributed by atoms with van der Waals surface area (Å²) < 4.78 is 27.3. The van der Waals surface area contributed by atoms with Gasteiger partial charge in [-0.15, -0.1) is 0 Å². The fourth-order valence-corrected chi connectivity index (χ4v) is 4.17. The van der Waals surface area contributed by atoms with E-state index in [-0.39, 0.29) is 0 Å². The molecule has 1 aliphatic heterocycles. The van der Waals surface area contributed by atoms with Crippen LogP contribution in [0.2, 0.25) is 0 Å². The first-order valence-electron chi connectivity index (χ1n) is 7.98. The van der Waals surface area contributed by atoms with E-state index in [1.54, 1.807) is 48.7 Å². The highest BCUT2D eigenvalue weighted by Gasteiger charge is 2.18. The van der Waals surface area contributed by atoms with Crippen molar-refractivity contribution in [1.82, 2.24) is 9.55 Å². The molecule has 3 aromatic rings. The number of nitrogens with zero attached hydrogens (tertiary/aromatic N) is 3. The standard InChI is InChI=1S/C19H17N3O2S/c23-25(24,17-5-2-1-3-6-17)18-9-7-16(8-10-18)15-22-13-4-12-21-14-11-20-19(21)22/h1-11,13-14H,12,15H2. The molecule has 4 rings (SSSR count). The molecule has 0 fully saturated rings. The summed E-state index contributed by atoms with van der Waals surface area (Å²) in [6.45, 7) is 1.46. The third-order valence-electron chi connectivity index (χ3n) is 4.18. The van der Waals surface area contributed by atoms with Crippen molar-refractivity contribution >= 4 is 15.8 Å². The summed E-state index contributed by atoms with van der Waals surface area (Å²) in [5, 5.41) is 0. The van der Waals surface area contributed by atoms with Gasteiger partial charge in [-0.25, -0.2) is 13.4 Å². The second kappa shape index (κ2) is 6.22. The Morgan fingerprint density at radius 3 is 2.44 bits per heavy atom. The number of anilines is 1. The van der Waals surface area contributed by atoms with Gasteiger partial charge in [-0.1, -0.05) is 30.3 Å². The summed E-state index contributed by atoms with van der Waals surface area (Å²) in [5.74, 6) is 0.892. The Hall–Kier alpha value is -2.86. The molecule has 0 radical (unpaired) electrons. The summed E-state index contributed by atoms with van der Waals surface area (Å²) in [7, 11) is -3.47. The quantitative estimate of drug-likeness (QED) is 0.724. The lowest BCUT2D eigenvalue weighted by molar-refractivity contribution is 0.596. The average Bonchev–Trinajstić information content (AvgIpc) is 3.13. The molecular formula is C19H17N3O2S. The Balaban J connectivity index is 1.57. The van der Waals surface area contributed by atoms with Crippen molar-refractivity contribution in [1.29, 1.82) is 0 Å². The smallest absolute Gasteiger partial charge is 0.210 e. The summed E-state index contributed by atoms with van der Waals surface area (Å²) in [6, 6.07) is 15.5. The van der Waals surface area contributed by atoms with Crippen molar-refractivity contribution in [3.8, 4) is 0 Å². The average molecular weight is 351 g/mol. The van der Waals surface area contributed by atoms with Gasteiger partial charge in [-0.2, -0.15) is 0 Å². The highest BCUT2D eigenvalue weighted by molar-refractivity contribution is 7.91. The molecule has 2 aromatic carbocycles. The van der Waals surface area contributed by atoms with Gasteiger partial charge in [0.15, 0.2) is 0 Å². The first-order chi connectivity index (χ1) is 12.1. The molecule has 126 valence electrons. The van der Waals surface area contributed by atoms with E-state index in [1.807, 2.05) is 29.4 Å². The van der Waals surface area contributed by atoms with Crippen LogP contribution in [0.1, 0.15) is 5.56 Å². The number of imidazole rings is 1. The molecule has 0 saturated heterocycles. The Kier molecular flexibility index (Phi) is 3.89. The predicted octanol–water partition coefficient (Wildman–Crippen LogP) is 3.25. The van der Waals surface area contributed by atoms with E-state index in [0.717, 1.165) is 18.1 Å². The number of hydrogen-bond acceptors (Lipinski definition) is 4. The number of rotatable bonds is 4. The first kappa shape index (κ1) is 15.7. The van der Waals surface area contributed by atoms with Crippen molar-refractivity contribution in [3.05, 3.63) is 84.8 Å². The number of benzene rings is 2. The minimum atomic E-state index is -3.47. The Labute approximate surface area is 146 Å². The van der Waals surface area contributed by atoms with Crippen molar-refractivity contribution in [2.75, 3.05) is 4.90 Å². The molecule has 2 heterocycles. The number of allylic oxidation sites excluding steroid dienone is 1. The zero-order chi connectivity index (χ0) is 17.3. The molecule has 1 aliphatic rings. The van der Waals surface area contributed by atoms with E-state index in [9.17, 15) is 8.42 Å². The maximum atomic E-state index is 12.6. The zero-order valence-corrected chi connectivity index (χ0v) is 14.3. The van der Waals surface area contributed by atoms with Crippen molar-refractivity contribution in [2.45, 2.75) is 22.9 Å². The molecule has 0 amide bonds. The van der Waals surface area contributed by atoms with Crippen LogP contribution in [0, 0.1) is 0 Å². The van der Waals surface area contributed by atoms with Crippen LogP contribution in [0.25, 0.3) is 0 Å². The van der Waals surface area contributed by atoms with Crippen LogP contribution in [0.15, 0.2) is 89.1 Å². The van der Waals surface area contributed by atoms with Gasteiger partial charge in [0.05, 0.1) is 16.3 Å². The molecule has 0 bridgehead atoms. The van der Waals surface area contributed by atoms with Crippen LogP contribution in [0.3, 0.4) is 0 Å². The predicted molar refractivity (Wildman–Crippen MR) is 95.9 cm³/mol. The molecule has 0 aliphatic carbocycles. The van der Waals surface area contributed by atoms with Gasteiger partial charge in [0.2, 0.25) is 15.8 Å². The van der Waals surface area contributed by atoms with Crippen LogP contribution in [-0.4, -0.2) is 18.0 Å². The minimum Gasteiger partial charge on any atom is -0.314 e. The molecule has 0 saturated carbocycles. The minimum absolute atomic E-state index is 0.304. The van der Waals surface area contributed by atoms with E-state index in [4.69, 9.17) is 0 Å². The van der Waals surface area contributed by atoms with E-state index in [0.29, 0.717) is 16.3 Å². The third-order valence-corrected chi connectivity index (χ3v) is 5.96. The normalized spacial score (nSPS) is 13.7. The van der Waals surface area contributed by atoms with Gasteiger partial charge in [-0.3, -0.25) is 0 Å². The summed E-state index contributed by atoms with van der Waals surface area (Å²) in [5.41, 5.74) is 1.02. The van der Waals surface area contributed by atoms with Crippen LogP contribution < -0.4 is 4.90 Å². The van der Waals surface area contributed by atoms with Gasteiger partial charge < -0.3 is 9.47 Å². The Morgan fingerprint density at radius 1 is 0.960 bits per heavy atom. The Bertz CT molecular complexity index is 1010. The highest BCUT2D eigenvalue weighted by atomic mass is 32.2. The van der Waals surface area contributed by atoms with E-state index in [1.165, 1.54) is 0 Å². The van der Waals surface area contributed by atoms with Crippen molar-refractivity contribution < 1.29 is 8.42 Å². The van der Waals surface area contributed by atoms with Crippen LogP contribution >= 0.6 is 0 Å². The maximum Gasteiger partial charge on any atom is 0.210 e. The van der Waals surface area contributed by atoms with Crippen LogP contribution in [0.4, 0.5) is 5.95 Å². The van der Waals surface area contributed by atoms with Gasteiger partial charge >= 0.3 is 0 Å². The molecule has 0 N–H and O–H groups in total. The SMILES string of the molecule is O=S(=O)(c1ccccc1)c1ccc(CN2C=CCn3ccnc32)cc1. The van der Waals surface area contributed by atoms with E-state index < -0.39 is 9.84 Å². The van der Waals surface area contributed by atoms with Gasteiger partial charge in [0.1, 0.15) is 0 Å². The molecule has 25 heavy (non-hydrogen) atoms. The van der Waals surface area contributed by atoms with Gasteiger partial charge in [0, 0.05) is 25.1 Å². The van der Waals surface area contributed by atoms with Crippen molar-refractivity contribution in [3.63, 3.8) is 0 Å². The number of sulfone groups is 1. The topological polar surface area (TPSA) is 55.2 Å². The van der Waals surface area contributed by atoms with Crippen molar-refractivity contribution in [2.24, 2.45) is 0 Å². The lowest BCUT2D eigenvalue weighted by Gasteiger charge is -2.24. The molecular weight excluding hydrogens is 334 g/mol. The molecule has 0 spiro atoms. The lowest BCUT2D eigenvalue weighted by atomic mass is 10.2. The third kappa shape index (κ3) is 2.96. The number of hydrogen-bond donors (Lipinski definition) is 0. The molecule has 1 aromatic heterocycles. The van der Waals surface area contributed by atoms with E-state index in [2.05, 4.69) is 15.6 Å². The van der Waals surface area contributed by atoms with Crippen LogP contribution in [-0.2, 0) is 22.9 Å². The summed E-state index contributed by atoms with van der Waals surface area (Å²) >= 11 is 0. The maximum absolute atomic E-state index is 12.6.